The number of carbonyl (C=O) groups excluding carboxylic acids is 1. The third-order valence-corrected chi connectivity index (χ3v) is 6.88. The number of aryl methyl sites for hydroxylation is 1. The minimum Gasteiger partial charge on any atom is -0.445 e. The molecule has 3 fully saturated rings. The summed E-state index contributed by atoms with van der Waals surface area (Å²) in [6.07, 6.45) is -1.54. The van der Waals surface area contributed by atoms with Crippen LogP contribution in [0.2, 0.25) is 0 Å². The zero-order valence-electron chi connectivity index (χ0n) is 17.4. The first-order chi connectivity index (χ1) is 15.0. The predicted molar refractivity (Wildman–Crippen MR) is 112 cm³/mol. The largest absolute Gasteiger partial charge is 0.445 e. The highest BCUT2D eigenvalue weighted by molar-refractivity contribution is 5.67. The highest BCUT2D eigenvalue weighted by Crippen LogP contribution is 2.56. The van der Waals surface area contributed by atoms with Crippen molar-refractivity contribution in [3.63, 3.8) is 0 Å². The lowest BCUT2D eigenvalue weighted by Crippen LogP contribution is -2.52. The Morgan fingerprint density at radius 3 is 2.58 bits per heavy atom. The number of rotatable bonds is 3. The van der Waals surface area contributed by atoms with Crippen molar-refractivity contribution in [1.82, 2.24) is 9.88 Å². The molecule has 1 spiro atoms. The van der Waals surface area contributed by atoms with Crippen LogP contribution < -0.4 is 5.06 Å². The van der Waals surface area contributed by atoms with E-state index in [2.05, 4.69) is 4.98 Å². The maximum atomic E-state index is 12.6. The number of anilines is 1. The van der Waals surface area contributed by atoms with Crippen LogP contribution in [-0.4, -0.2) is 63.6 Å². The van der Waals surface area contributed by atoms with Gasteiger partial charge in [0.05, 0.1) is 6.04 Å². The van der Waals surface area contributed by atoms with Gasteiger partial charge in [0.25, 0.3) is 0 Å². The van der Waals surface area contributed by atoms with Crippen LogP contribution in [0.3, 0.4) is 0 Å². The summed E-state index contributed by atoms with van der Waals surface area (Å²) in [6.45, 7) is 3.11. The van der Waals surface area contributed by atoms with Gasteiger partial charge in [0.1, 0.15) is 24.9 Å². The molecule has 1 aromatic carbocycles. The van der Waals surface area contributed by atoms with Gasteiger partial charge in [-0.2, -0.15) is 0 Å². The van der Waals surface area contributed by atoms with Gasteiger partial charge < -0.3 is 19.8 Å². The number of aliphatic hydroxyl groups is 2. The second-order valence-electron chi connectivity index (χ2n) is 8.68. The number of aliphatic hydroxyl groups excluding tert-OH is 2. The lowest BCUT2D eigenvalue weighted by molar-refractivity contribution is -0.103. The van der Waals surface area contributed by atoms with E-state index in [0.29, 0.717) is 31.7 Å². The third-order valence-electron chi connectivity index (χ3n) is 6.88. The first-order valence-electron chi connectivity index (χ1n) is 10.7. The van der Waals surface area contributed by atoms with E-state index in [-0.39, 0.29) is 12.7 Å². The number of hydroxylamine groups is 1. The van der Waals surface area contributed by atoms with Gasteiger partial charge in [-0.3, -0.25) is 4.84 Å². The van der Waals surface area contributed by atoms with Crippen molar-refractivity contribution in [2.24, 2.45) is 5.41 Å². The standard InChI is InChI=1S/C23H27N3O5/c1-15-6-5-9-17(24-15)26-20-18(27)19(28)21(31-26)23(20)10-12-25(13-11-23)22(29)30-14-16-7-3-2-4-8-16/h2-9,18-21,27-28H,10-14H2,1H3/t18-,19+,20+,21-/m1/s1. The van der Waals surface area contributed by atoms with Crippen molar-refractivity contribution >= 4 is 11.9 Å². The lowest BCUT2D eigenvalue weighted by atomic mass is 9.73. The van der Waals surface area contributed by atoms with Gasteiger partial charge in [-0.1, -0.05) is 36.4 Å². The second-order valence-corrected chi connectivity index (χ2v) is 8.68. The lowest BCUT2D eigenvalue weighted by Gasteiger charge is -2.40. The number of pyridine rings is 1. The van der Waals surface area contributed by atoms with Crippen molar-refractivity contribution in [1.29, 1.82) is 0 Å². The molecule has 1 amide bonds. The van der Waals surface area contributed by atoms with Gasteiger partial charge in [-0.05, 0) is 37.5 Å². The summed E-state index contributed by atoms with van der Waals surface area (Å²) in [7, 11) is 0. The van der Waals surface area contributed by atoms with E-state index in [9.17, 15) is 15.0 Å². The molecular formula is C23H27N3O5. The average molecular weight is 425 g/mol. The van der Waals surface area contributed by atoms with Crippen LogP contribution in [0.15, 0.2) is 48.5 Å². The molecule has 8 heteroatoms. The fraction of sp³-hybridized carbons (Fsp3) is 0.478. The number of piperidine rings is 1. The molecule has 0 radical (unpaired) electrons. The number of hydrogen-bond donors (Lipinski definition) is 2. The second kappa shape index (κ2) is 7.78. The molecule has 1 saturated carbocycles. The summed E-state index contributed by atoms with van der Waals surface area (Å²) in [5.74, 6) is 0.627. The van der Waals surface area contributed by atoms with Gasteiger partial charge >= 0.3 is 6.09 Å². The van der Waals surface area contributed by atoms with Gasteiger partial charge in [0.2, 0.25) is 0 Å². The van der Waals surface area contributed by atoms with Crippen molar-refractivity contribution in [2.45, 2.75) is 50.7 Å². The Hall–Kier alpha value is -2.68. The Labute approximate surface area is 181 Å². The Balaban J connectivity index is 1.28. The van der Waals surface area contributed by atoms with Crippen molar-refractivity contribution in [3.8, 4) is 0 Å². The topological polar surface area (TPSA) is 95.4 Å². The van der Waals surface area contributed by atoms with E-state index < -0.39 is 29.8 Å². The highest BCUT2D eigenvalue weighted by atomic mass is 16.7. The van der Waals surface area contributed by atoms with Gasteiger partial charge in [0, 0.05) is 24.2 Å². The fourth-order valence-electron chi connectivity index (χ4n) is 5.29. The summed E-state index contributed by atoms with van der Waals surface area (Å²) in [4.78, 5) is 24.9. The fourth-order valence-corrected chi connectivity index (χ4v) is 5.29. The van der Waals surface area contributed by atoms with E-state index in [1.54, 1.807) is 9.96 Å². The molecule has 4 atom stereocenters. The van der Waals surface area contributed by atoms with Gasteiger partial charge in [-0.15, -0.1) is 0 Å². The Morgan fingerprint density at radius 2 is 1.87 bits per heavy atom. The summed E-state index contributed by atoms with van der Waals surface area (Å²) in [5.41, 5.74) is 1.35. The summed E-state index contributed by atoms with van der Waals surface area (Å²) >= 11 is 0. The minimum absolute atomic E-state index is 0.236. The molecule has 3 aliphatic rings. The van der Waals surface area contributed by atoms with Crippen molar-refractivity contribution in [3.05, 3.63) is 59.8 Å². The number of nitrogens with zero attached hydrogens (tertiary/aromatic N) is 3. The molecule has 8 nitrogen and oxygen atoms in total. The van der Waals surface area contributed by atoms with Crippen molar-refractivity contribution < 1.29 is 24.6 Å². The van der Waals surface area contributed by atoms with Gasteiger partial charge in [0.15, 0.2) is 5.82 Å². The number of benzene rings is 1. The maximum absolute atomic E-state index is 12.6. The molecule has 3 heterocycles. The Bertz CT molecular complexity index is 947. The molecule has 2 bridgehead atoms. The minimum atomic E-state index is -0.956. The van der Waals surface area contributed by atoms with E-state index in [4.69, 9.17) is 9.57 Å². The smallest absolute Gasteiger partial charge is 0.410 e. The monoisotopic (exact) mass is 425 g/mol. The molecule has 0 unspecified atom stereocenters. The average Bonchev–Trinajstić information content (AvgIpc) is 3.20. The Kier molecular flexibility index (Phi) is 5.08. The van der Waals surface area contributed by atoms with Crippen LogP contribution in [0, 0.1) is 12.3 Å². The molecule has 2 N–H and O–H groups in total. The third kappa shape index (κ3) is 3.35. The highest BCUT2D eigenvalue weighted by Gasteiger charge is 2.69. The molecule has 5 rings (SSSR count). The molecule has 2 aliphatic heterocycles. The maximum Gasteiger partial charge on any atom is 0.410 e. The normalized spacial score (nSPS) is 28.9. The van der Waals surface area contributed by atoms with Crippen LogP contribution in [0.4, 0.5) is 10.6 Å². The molecule has 1 aromatic heterocycles. The van der Waals surface area contributed by atoms with Gasteiger partial charge in [-0.25, -0.2) is 14.8 Å². The number of ether oxygens (including phenoxy) is 1. The first-order valence-corrected chi connectivity index (χ1v) is 10.7. The molecule has 2 aromatic rings. The van der Waals surface area contributed by atoms with Crippen LogP contribution in [-0.2, 0) is 16.2 Å². The summed E-state index contributed by atoms with van der Waals surface area (Å²) < 4.78 is 5.47. The predicted octanol–water partition coefficient (Wildman–Crippen LogP) is 2.03. The van der Waals surface area contributed by atoms with Crippen LogP contribution in [0.1, 0.15) is 24.1 Å². The van der Waals surface area contributed by atoms with E-state index in [1.807, 2.05) is 55.5 Å². The van der Waals surface area contributed by atoms with Crippen LogP contribution >= 0.6 is 0 Å². The van der Waals surface area contributed by atoms with E-state index in [0.717, 1.165) is 11.3 Å². The van der Waals surface area contributed by atoms with Crippen LogP contribution in [0.25, 0.3) is 0 Å². The van der Waals surface area contributed by atoms with Crippen LogP contribution in [0.5, 0.6) is 0 Å². The number of hydrogen-bond acceptors (Lipinski definition) is 7. The number of amides is 1. The first kappa shape index (κ1) is 20.2. The molecule has 1 aliphatic carbocycles. The molecular weight excluding hydrogens is 398 g/mol. The summed E-state index contributed by atoms with van der Waals surface area (Å²) in [5, 5.41) is 23.0. The number of carbonyl (C=O) groups is 1. The van der Waals surface area contributed by atoms with E-state index in [1.165, 1.54) is 0 Å². The quantitative estimate of drug-likeness (QED) is 0.777. The summed E-state index contributed by atoms with van der Waals surface area (Å²) in [6, 6.07) is 14.8. The SMILES string of the molecule is Cc1cccc(N2O[C@@H]3[C@@H](O)[C@@H](O)[C@H]2C32CCN(C(=O)OCc3ccccc3)CC2)n1. The van der Waals surface area contributed by atoms with Crippen molar-refractivity contribution in [2.75, 3.05) is 18.2 Å². The Morgan fingerprint density at radius 1 is 1.13 bits per heavy atom. The number of aromatic nitrogens is 1. The zero-order valence-corrected chi connectivity index (χ0v) is 17.4. The van der Waals surface area contributed by atoms with E-state index >= 15 is 0 Å². The molecule has 2 saturated heterocycles. The molecule has 31 heavy (non-hydrogen) atoms. The zero-order chi connectivity index (χ0) is 21.6. The molecule has 164 valence electrons. The number of likely N-dealkylation sites (tertiary alicyclic amines) is 1.